The van der Waals surface area contributed by atoms with Crippen LogP contribution in [0.5, 0.6) is 11.5 Å². The fourth-order valence-electron chi connectivity index (χ4n) is 7.32. The number of nitrogens with zero attached hydrogens (tertiary/aromatic N) is 4. The Morgan fingerprint density at radius 3 is 2.12 bits per heavy atom. The van der Waals surface area contributed by atoms with Crippen molar-refractivity contribution >= 4 is 21.8 Å². The number of benzene rings is 4. The fourth-order valence-corrected chi connectivity index (χ4v) is 7.32. The standard InChI is InChI=1S/C45H46N4O.Pd/c1-10-32-20-29(7)21-33(11-2)45(32)44-30(8)47-49(31(44)9)36-22-35(28(5)6)23-38(25-36)50-37-16-17-40-39-14-12-13-15-41(39)48(42(40)26-37)43-24-34(27(3)4)18-19-46-43;/h12-24,27-28H,10-11H2,1-9H3;/q-2;+2. The van der Waals surface area contributed by atoms with Crippen LogP contribution in [0.4, 0.5) is 0 Å². The normalized spacial score (nSPS) is 11.6. The Labute approximate surface area is 316 Å². The molecule has 0 fully saturated rings. The van der Waals surface area contributed by atoms with Crippen LogP contribution >= 0.6 is 0 Å². The summed E-state index contributed by atoms with van der Waals surface area (Å²) in [5, 5.41) is 7.38. The maximum atomic E-state index is 6.65. The Kier molecular flexibility index (Phi) is 10.4. The molecular weight excluding hydrogens is 719 g/mol. The van der Waals surface area contributed by atoms with Gasteiger partial charge in [0.1, 0.15) is 5.82 Å². The number of aryl methyl sites for hydroxylation is 4. The summed E-state index contributed by atoms with van der Waals surface area (Å²) < 4.78 is 10.9. The third kappa shape index (κ3) is 6.68. The minimum atomic E-state index is 0. The maximum absolute atomic E-state index is 6.65. The molecule has 0 N–H and O–H groups in total. The van der Waals surface area contributed by atoms with Crippen molar-refractivity contribution in [1.29, 1.82) is 0 Å². The van der Waals surface area contributed by atoms with E-state index in [1.807, 2.05) is 16.9 Å². The van der Waals surface area contributed by atoms with Crippen LogP contribution in [0.1, 0.15) is 92.6 Å². The molecule has 0 bridgehead atoms. The van der Waals surface area contributed by atoms with Gasteiger partial charge in [-0.2, -0.15) is 11.2 Å². The van der Waals surface area contributed by atoms with Crippen LogP contribution in [-0.4, -0.2) is 19.3 Å². The van der Waals surface area contributed by atoms with Crippen molar-refractivity contribution in [2.45, 2.75) is 87.0 Å². The average molecular weight is 765 g/mol. The van der Waals surface area contributed by atoms with Gasteiger partial charge in [-0.05, 0) is 97.0 Å². The topological polar surface area (TPSA) is 44.9 Å². The van der Waals surface area contributed by atoms with Gasteiger partial charge in [0, 0.05) is 34.5 Å². The summed E-state index contributed by atoms with van der Waals surface area (Å²) in [6, 6.07) is 33.0. The molecule has 0 aliphatic rings. The van der Waals surface area contributed by atoms with Gasteiger partial charge in [0.05, 0.1) is 5.69 Å². The van der Waals surface area contributed by atoms with Crippen molar-refractivity contribution in [3.8, 4) is 34.1 Å². The Hall–Kier alpha value is -4.50. The number of rotatable bonds is 9. The Balaban J connectivity index is 0.00000448. The van der Waals surface area contributed by atoms with Gasteiger partial charge in [0.25, 0.3) is 0 Å². The molecule has 6 heteroatoms. The minimum Gasteiger partial charge on any atom is -0.509 e. The van der Waals surface area contributed by atoms with E-state index >= 15 is 0 Å². The SMILES string of the molecule is CCc1cc(C)cc(CC)c1-c1c(C)nn(-c2[c-]c(Oc3[c-]c4c(cc3)c3ccccc3n4-c3cc(C(C)C)ccn3)cc(C(C)C)c2)c1C.[Pd+2]. The predicted molar refractivity (Wildman–Crippen MR) is 206 cm³/mol. The third-order valence-corrected chi connectivity index (χ3v) is 9.94. The summed E-state index contributed by atoms with van der Waals surface area (Å²) >= 11 is 0. The quantitative estimate of drug-likeness (QED) is 0.109. The molecular formula is C45H46N4OPd. The van der Waals surface area contributed by atoms with Crippen molar-refractivity contribution in [3.63, 3.8) is 0 Å². The van der Waals surface area contributed by atoms with E-state index in [4.69, 9.17) is 14.8 Å². The molecule has 0 aliphatic heterocycles. The van der Waals surface area contributed by atoms with Crippen molar-refractivity contribution < 1.29 is 25.2 Å². The molecule has 0 atom stereocenters. The first-order valence-electron chi connectivity index (χ1n) is 17.9. The summed E-state index contributed by atoms with van der Waals surface area (Å²) in [6.07, 6.45) is 3.84. The van der Waals surface area contributed by atoms with Crippen LogP contribution in [0.3, 0.4) is 0 Å². The number of para-hydroxylation sites is 1. The van der Waals surface area contributed by atoms with Crippen molar-refractivity contribution in [3.05, 3.63) is 130 Å². The molecule has 0 saturated carbocycles. The number of hydrogen-bond acceptors (Lipinski definition) is 3. The van der Waals surface area contributed by atoms with Crippen molar-refractivity contribution in [1.82, 2.24) is 19.3 Å². The van der Waals surface area contributed by atoms with Gasteiger partial charge < -0.3 is 9.30 Å². The summed E-state index contributed by atoms with van der Waals surface area (Å²) in [6.45, 7) is 19.8. The van der Waals surface area contributed by atoms with E-state index in [2.05, 4.69) is 146 Å². The van der Waals surface area contributed by atoms with E-state index in [1.165, 1.54) is 33.4 Å². The molecule has 7 aromatic rings. The zero-order valence-corrected chi connectivity index (χ0v) is 32.6. The second-order valence-corrected chi connectivity index (χ2v) is 14.1. The molecule has 0 amide bonds. The Bertz CT molecular complexity index is 2350. The van der Waals surface area contributed by atoms with E-state index < -0.39 is 0 Å². The molecule has 0 spiro atoms. The first-order chi connectivity index (χ1) is 24.1. The van der Waals surface area contributed by atoms with Gasteiger partial charge in [0.2, 0.25) is 0 Å². The third-order valence-electron chi connectivity index (χ3n) is 9.94. The molecule has 7 rings (SSSR count). The average Bonchev–Trinajstić information content (AvgIpc) is 3.59. The van der Waals surface area contributed by atoms with E-state index in [0.29, 0.717) is 17.4 Å². The van der Waals surface area contributed by atoms with Crippen molar-refractivity contribution in [2.75, 3.05) is 0 Å². The summed E-state index contributed by atoms with van der Waals surface area (Å²) in [5.41, 5.74) is 14.0. The van der Waals surface area contributed by atoms with Crippen LogP contribution < -0.4 is 4.74 Å². The molecule has 51 heavy (non-hydrogen) atoms. The molecule has 4 aromatic carbocycles. The van der Waals surface area contributed by atoms with E-state index in [-0.39, 0.29) is 26.3 Å². The number of hydrogen-bond donors (Lipinski definition) is 0. The minimum absolute atomic E-state index is 0. The number of pyridine rings is 1. The number of fused-ring (bicyclic) bond motifs is 3. The molecule has 3 aromatic heterocycles. The van der Waals surface area contributed by atoms with E-state index in [0.717, 1.165) is 63.1 Å². The maximum Gasteiger partial charge on any atom is 2.00 e. The molecule has 0 radical (unpaired) electrons. The van der Waals surface area contributed by atoms with Crippen LogP contribution in [0.2, 0.25) is 0 Å². The van der Waals surface area contributed by atoms with Gasteiger partial charge in [-0.3, -0.25) is 4.68 Å². The van der Waals surface area contributed by atoms with Crippen LogP contribution in [0, 0.1) is 32.9 Å². The summed E-state index contributed by atoms with van der Waals surface area (Å²) in [5.74, 6) is 2.81. The molecule has 262 valence electrons. The van der Waals surface area contributed by atoms with Crippen LogP contribution in [-0.2, 0) is 33.3 Å². The van der Waals surface area contributed by atoms with Crippen LogP contribution in [0.25, 0.3) is 44.4 Å². The largest absolute Gasteiger partial charge is 2.00 e. The summed E-state index contributed by atoms with van der Waals surface area (Å²) in [4.78, 5) is 4.81. The molecule has 5 nitrogen and oxygen atoms in total. The van der Waals surface area contributed by atoms with E-state index in [9.17, 15) is 0 Å². The Morgan fingerprint density at radius 1 is 0.725 bits per heavy atom. The molecule has 0 aliphatic carbocycles. The van der Waals surface area contributed by atoms with Gasteiger partial charge in [-0.1, -0.05) is 83.0 Å². The van der Waals surface area contributed by atoms with Gasteiger partial charge in [-0.15, -0.1) is 41.3 Å². The molecule has 0 saturated heterocycles. The van der Waals surface area contributed by atoms with Crippen LogP contribution in [0.15, 0.2) is 79.0 Å². The van der Waals surface area contributed by atoms with Crippen molar-refractivity contribution in [2.24, 2.45) is 0 Å². The zero-order chi connectivity index (χ0) is 35.3. The van der Waals surface area contributed by atoms with E-state index in [1.54, 1.807) is 0 Å². The summed E-state index contributed by atoms with van der Waals surface area (Å²) in [7, 11) is 0. The van der Waals surface area contributed by atoms with Gasteiger partial charge >= 0.3 is 20.4 Å². The fraction of sp³-hybridized carbons (Fsp3) is 0.289. The molecule has 0 unspecified atom stereocenters. The zero-order valence-electron chi connectivity index (χ0n) is 31.1. The smallest absolute Gasteiger partial charge is 0.509 e. The molecule has 3 heterocycles. The number of aromatic nitrogens is 4. The first kappa shape index (κ1) is 36.3. The first-order valence-corrected chi connectivity index (χ1v) is 17.9. The van der Waals surface area contributed by atoms with Gasteiger partial charge in [-0.25, -0.2) is 4.98 Å². The van der Waals surface area contributed by atoms with Gasteiger partial charge in [0.15, 0.2) is 0 Å². The number of ether oxygens (including phenoxy) is 1. The second kappa shape index (κ2) is 14.6. The second-order valence-electron chi connectivity index (χ2n) is 14.1. The monoisotopic (exact) mass is 764 g/mol. The predicted octanol–water partition coefficient (Wildman–Crippen LogP) is 11.7. The Morgan fingerprint density at radius 2 is 1.43 bits per heavy atom.